The van der Waals surface area contributed by atoms with Crippen LogP contribution >= 0.6 is 7.82 Å². The van der Waals surface area contributed by atoms with Gasteiger partial charge in [0.15, 0.2) is 11.9 Å². The van der Waals surface area contributed by atoms with Gasteiger partial charge in [0, 0.05) is 25.3 Å². The molecule has 0 aromatic carbocycles. The number of nitrogens with zero attached hydrogens (tertiary/aromatic N) is 1. The van der Waals surface area contributed by atoms with Crippen LogP contribution in [0, 0.1) is 0 Å². The quantitative estimate of drug-likeness (QED) is 0.0339. The van der Waals surface area contributed by atoms with Crippen LogP contribution in [0.25, 0.3) is 0 Å². The van der Waals surface area contributed by atoms with Crippen molar-refractivity contribution in [3.05, 3.63) is 12.2 Å². The number of ether oxygens (including phenoxy) is 2. The maximum Gasteiger partial charge on any atom is 0.328 e. The molecule has 2 atom stereocenters. The number of ketones is 1. The molecule has 0 aromatic heterocycles. The van der Waals surface area contributed by atoms with Crippen molar-refractivity contribution in [2.24, 2.45) is 0 Å². The lowest BCUT2D eigenvalue weighted by atomic mass is 10.0. The molecular formula is C32H58NO11P. The zero-order valence-electron chi connectivity index (χ0n) is 28.0. The van der Waals surface area contributed by atoms with Gasteiger partial charge < -0.3 is 33.0 Å². The van der Waals surface area contributed by atoms with E-state index in [-0.39, 0.29) is 32.3 Å². The van der Waals surface area contributed by atoms with Crippen molar-refractivity contribution in [3.8, 4) is 0 Å². The van der Waals surface area contributed by atoms with E-state index in [9.17, 15) is 28.6 Å². The highest BCUT2D eigenvalue weighted by Crippen LogP contribution is 2.38. The Labute approximate surface area is 270 Å². The zero-order valence-corrected chi connectivity index (χ0v) is 28.9. The maximum absolute atomic E-state index is 12.3. The number of aliphatic carboxylic acids is 1. The number of hydrogen-bond donors (Lipinski definition) is 1. The predicted octanol–water partition coefficient (Wildman–Crippen LogP) is 5.51. The predicted molar refractivity (Wildman–Crippen MR) is 169 cm³/mol. The van der Waals surface area contributed by atoms with Crippen molar-refractivity contribution in [3.63, 3.8) is 0 Å². The fourth-order valence-electron chi connectivity index (χ4n) is 4.20. The molecule has 0 heterocycles. The van der Waals surface area contributed by atoms with E-state index in [2.05, 4.69) is 6.92 Å². The van der Waals surface area contributed by atoms with Gasteiger partial charge in [-0.15, -0.1) is 0 Å². The molecule has 0 amide bonds. The average Bonchev–Trinajstić information content (AvgIpc) is 2.95. The second kappa shape index (κ2) is 26.0. The molecule has 0 radical (unpaired) electrons. The molecule has 0 aliphatic carbocycles. The minimum atomic E-state index is -4.71. The molecule has 12 nitrogen and oxygen atoms in total. The van der Waals surface area contributed by atoms with Gasteiger partial charge in [0.05, 0.1) is 27.7 Å². The third-order valence-electron chi connectivity index (χ3n) is 6.86. The molecule has 0 aliphatic heterocycles. The molecule has 0 aliphatic rings. The highest BCUT2D eigenvalue weighted by Gasteiger charge is 2.22. The van der Waals surface area contributed by atoms with Crippen molar-refractivity contribution < 1.29 is 56.7 Å². The van der Waals surface area contributed by atoms with Crippen molar-refractivity contribution in [2.75, 3.05) is 47.5 Å². The summed E-state index contributed by atoms with van der Waals surface area (Å²) < 4.78 is 33.0. The Morgan fingerprint density at radius 3 is 1.80 bits per heavy atom. The third kappa shape index (κ3) is 30.3. The molecule has 0 saturated carbocycles. The lowest BCUT2D eigenvalue weighted by Crippen LogP contribution is -2.37. The van der Waals surface area contributed by atoms with E-state index in [0.717, 1.165) is 25.3 Å². The number of rotatable bonds is 30. The number of phosphoric ester groups is 1. The van der Waals surface area contributed by atoms with Crippen molar-refractivity contribution in [2.45, 2.75) is 122 Å². The molecule has 0 saturated heterocycles. The standard InChI is InChI=1S/C32H58NO11P/c1-5-6-7-8-9-10-11-12-13-14-15-16-17-20-31(37)41-26-29(27-43-45(39,40)42-25-24-33(2,3)4)44-32(38)21-18-19-28(34)22-23-30(35)36/h22-23,29H,5-21,24-27H2,1-4H3,(H-,35,36,39,40)/b23-22+/t29-/m1/s1. The van der Waals surface area contributed by atoms with Crippen LogP contribution in [0.1, 0.15) is 116 Å². The fraction of sp³-hybridized carbons (Fsp3) is 0.812. The lowest BCUT2D eigenvalue weighted by molar-refractivity contribution is -0.870. The van der Waals surface area contributed by atoms with Crippen LogP contribution < -0.4 is 4.89 Å². The molecule has 1 unspecified atom stereocenters. The number of carboxylic acid groups (broad SMARTS) is 1. The average molecular weight is 664 g/mol. The lowest BCUT2D eigenvalue weighted by Gasteiger charge is -2.28. The molecule has 262 valence electrons. The summed E-state index contributed by atoms with van der Waals surface area (Å²) in [5.41, 5.74) is 0. The van der Waals surface area contributed by atoms with Gasteiger partial charge in [0.1, 0.15) is 19.8 Å². The highest BCUT2D eigenvalue weighted by atomic mass is 31.2. The van der Waals surface area contributed by atoms with Gasteiger partial charge in [-0.05, 0) is 18.9 Å². The number of quaternary nitrogens is 1. The smallest absolute Gasteiger partial charge is 0.328 e. The van der Waals surface area contributed by atoms with Crippen molar-refractivity contribution in [1.29, 1.82) is 0 Å². The Hall–Kier alpha value is -2.11. The zero-order chi connectivity index (χ0) is 34.0. The van der Waals surface area contributed by atoms with Gasteiger partial charge in [0.25, 0.3) is 7.82 Å². The Morgan fingerprint density at radius 2 is 1.27 bits per heavy atom. The van der Waals surface area contributed by atoms with E-state index < -0.39 is 50.8 Å². The number of carbonyl (C=O) groups excluding carboxylic acids is 3. The first-order chi connectivity index (χ1) is 21.2. The van der Waals surface area contributed by atoms with Gasteiger partial charge in [-0.1, -0.05) is 84.0 Å². The van der Waals surface area contributed by atoms with Crippen LogP contribution in [0.2, 0.25) is 0 Å². The first-order valence-electron chi connectivity index (χ1n) is 16.4. The summed E-state index contributed by atoms with van der Waals surface area (Å²) in [6, 6.07) is 0. The SMILES string of the molecule is CCCCCCCCCCCCCCCC(=O)OC[C@H](COP(=O)([O-])OCC[N+](C)(C)C)OC(=O)CCCC(=O)/C=C/C(=O)O. The van der Waals surface area contributed by atoms with Crippen LogP contribution in [0.15, 0.2) is 12.2 Å². The monoisotopic (exact) mass is 663 g/mol. The number of phosphoric acid groups is 1. The van der Waals surface area contributed by atoms with Crippen LogP contribution in [0.4, 0.5) is 0 Å². The van der Waals surface area contributed by atoms with Crippen LogP contribution in [0.5, 0.6) is 0 Å². The molecule has 0 fully saturated rings. The van der Waals surface area contributed by atoms with E-state index in [1.165, 1.54) is 57.8 Å². The number of carbonyl (C=O) groups is 4. The number of unbranched alkanes of at least 4 members (excludes halogenated alkanes) is 12. The molecular weight excluding hydrogens is 605 g/mol. The van der Waals surface area contributed by atoms with E-state index >= 15 is 0 Å². The van der Waals surface area contributed by atoms with Crippen LogP contribution in [-0.4, -0.2) is 86.9 Å². The summed E-state index contributed by atoms with van der Waals surface area (Å²) in [5.74, 6) is -2.96. The number of esters is 2. The minimum absolute atomic E-state index is 0.0793. The van der Waals surface area contributed by atoms with E-state index in [0.29, 0.717) is 23.5 Å². The minimum Gasteiger partial charge on any atom is -0.756 e. The van der Waals surface area contributed by atoms with Gasteiger partial charge in [0.2, 0.25) is 0 Å². The number of hydrogen-bond acceptors (Lipinski definition) is 10. The summed E-state index contributed by atoms with van der Waals surface area (Å²) in [7, 11) is 0.909. The fourth-order valence-corrected chi connectivity index (χ4v) is 4.93. The van der Waals surface area contributed by atoms with Gasteiger partial charge in [-0.25, -0.2) is 4.79 Å². The Bertz CT molecular complexity index is 917. The highest BCUT2D eigenvalue weighted by molar-refractivity contribution is 7.45. The normalized spacial score (nSPS) is 13.8. The number of allylic oxidation sites excluding steroid dienone is 1. The van der Waals surface area contributed by atoms with E-state index in [1.807, 2.05) is 21.1 Å². The third-order valence-corrected chi connectivity index (χ3v) is 7.82. The molecule has 1 N–H and O–H groups in total. The van der Waals surface area contributed by atoms with Crippen LogP contribution in [-0.2, 0) is 42.3 Å². The summed E-state index contributed by atoms with van der Waals surface area (Å²) in [6.07, 6.45) is 15.8. The van der Waals surface area contributed by atoms with Crippen LogP contribution in [0.3, 0.4) is 0 Å². The Kier molecular flexibility index (Phi) is 24.8. The number of carboxylic acids is 1. The second-order valence-corrected chi connectivity index (χ2v) is 13.8. The second-order valence-electron chi connectivity index (χ2n) is 12.4. The van der Waals surface area contributed by atoms with Crippen molar-refractivity contribution in [1.82, 2.24) is 0 Å². The first kappa shape index (κ1) is 42.9. The van der Waals surface area contributed by atoms with E-state index in [4.69, 9.17) is 23.6 Å². The van der Waals surface area contributed by atoms with E-state index in [1.54, 1.807) is 0 Å². The first-order valence-corrected chi connectivity index (χ1v) is 17.9. The maximum atomic E-state index is 12.3. The number of likely N-dealkylation sites (N-methyl/N-ethyl adjacent to an activating group) is 1. The Morgan fingerprint density at radius 1 is 0.733 bits per heavy atom. The van der Waals surface area contributed by atoms with Crippen molar-refractivity contribution >= 4 is 31.5 Å². The molecule has 0 aromatic rings. The summed E-state index contributed by atoms with van der Waals surface area (Å²) in [6.45, 7) is 1.52. The van der Waals surface area contributed by atoms with Gasteiger partial charge >= 0.3 is 17.9 Å². The summed E-state index contributed by atoms with van der Waals surface area (Å²) in [5, 5.41) is 8.58. The Balaban J connectivity index is 4.53. The summed E-state index contributed by atoms with van der Waals surface area (Å²) >= 11 is 0. The molecule has 45 heavy (non-hydrogen) atoms. The largest absolute Gasteiger partial charge is 0.756 e. The molecule has 0 spiro atoms. The summed E-state index contributed by atoms with van der Waals surface area (Å²) in [4.78, 5) is 59.0. The molecule has 13 heteroatoms. The van der Waals surface area contributed by atoms with Gasteiger partial charge in [-0.3, -0.25) is 18.9 Å². The molecule has 0 rings (SSSR count). The van der Waals surface area contributed by atoms with Gasteiger partial charge in [-0.2, -0.15) is 0 Å². The molecule has 0 bridgehead atoms. The topological polar surface area (TPSA) is 166 Å².